The molecule has 1 atom stereocenters. The smallest absolute Gasteiger partial charge is 0.277 e. The molecule has 2 aliphatic rings. The summed E-state index contributed by atoms with van der Waals surface area (Å²) in [4.78, 5) is 40.0. The first-order valence-electron chi connectivity index (χ1n) is 10.7. The SMILES string of the molecule is CCN1CN(CC2COCCO2)C(=O)c2c(O)c(=O)c(C(=O)NCc3ccc(F)cc3F)cn21. The van der Waals surface area contributed by atoms with E-state index in [9.17, 15) is 28.3 Å². The molecule has 0 saturated carbocycles. The fraction of sp³-hybridized carbons (Fsp3) is 0.409. The number of amides is 2. The Balaban J connectivity index is 1.59. The lowest BCUT2D eigenvalue weighted by molar-refractivity contribution is -0.0954. The summed E-state index contributed by atoms with van der Waals surface area (Å²) >= 11 is 0. The highest BCUT2D eigenvalue weighted by Crippen LogP contribution is 2.22. The minimum absolute atomic E-state index is 0.0203. The van der Waals surface area contributed by atoms with Crippen molar-refractivity contribution in [2.45, 2.75) is 19.6 Å². The fourth-order valence-electron chi connectivity index (χ4n) is 3.87. The van der Waals surface area contributed by atoms with E-state index in [1.165, 1.54) is 21.8 Å². The summed E-state index contributed by atoms with van der Waals surface area (Å²) in [5, 5.41) is 14.6. The third kappa shape index (κ3) is 4.59. The Morgan fingerprint density at radius 3 is 2.74 bits per heavy atom. The molecule has 12 heteroatoms. The molecule has 1 aromatic carbocycles. The Morgan fingerprint density at radius 2 is 2.06 bits per heavy atom. The second-order valence-electron chi connectivity index (χ2n) is 7.89. The number of pyridine rings is 1. The van der Waals surface area contributed by atoms with Crippen LogP contribution in [-0.2, 0) is 16.0 Å². The predicted molar refractivity (Wildman–Crippen MR) is 115 cm³/mol. The van der Waals surface area contributed by atoms with Gasteiger partial charge in [-0.3, -0.25) is 24.1 Å². The van der Waals surface area contributed by atoms with E-state index >= 15 is 0 Å². The summed E-state index contributed by atoms with van der Waals surface area (Å²) in [5.41, 5.74) is -1.71. The first kappa shape index (κ1) is 23.6. The van der Waals surface area contributed by atoms with Gasteiger partial charge in [0.05, 0.1) is 32.5 Å². The molecule has 2 aromatic rings. The number of halogens is 2. The lowest BCUT2D eigenvalue weighted by Gasteiger charge is -2.40. The Bertz CT molecular complexity index is 1160. The number of benzene rings is 1. The monoisotopic (exact) mass is 478 g/mol. The molecule has 0 spiro atoms. The number of hydrogen-bond acceptors (Lipinski definition) is 7. The van der Waals surface area contributed by atoms with Crippen LogP contribution in [0.3, 0.4) is 0 Å². The Hall–Kier alpha value is -3.51. The topological polar surface area (TPSA) is 113 Å². The molecule has 2 aliphatic heterocycles. The molecule has 0 aliphatic carbocycles. The van der Waals surface area contributed by atoms with E-state index in [0.29, 0.717) is 32.4 Å². The Morgan fingerprint density at radius 1 is 1.26 bits per heavy atom. The molecule has 3 heterocycles. The summed E-state index contributed by atoms with van der Waals surface area (Å²) in [6.07, 6.45) is 0.834. The zero-order valence-electron chi connectivity index (χ0n) is 18.4. The quantitative estimate of drug-likeness (QED) is 0.624. The van der Waals surface area contributed by atoms with Gasteiger partial charge >= 0.3 is 0 Å². The van der Waals surface area contributed by atoms with Crippen LogP contribution >= 0.6 is 0 Å². The van der Waals surface area contributed by atoms with Crippen molar-refractivity contribution in [3.8, 4) is 5.75 Å². The standard InChI is InChI=1S/C22H24F2N4O6/c1-2-27-12-26(9-15-11-33-5-6-34-15)22(32)18-20(30)19(29)16(10-28(18)27)21(31)25-8-13-3-4-14(23)7-17(13)24/h3-4,7,10,15,30H,2,5-6,8-9,11-12H2,1H3,(H,25,31). The number of fused-ring (bicyclic) bond motifs is 1. The van der Waals surface area contributed by atoms with Crippen molar-refractivity contribution in [1.29, 1.82) is 0 Å². The van der Waals surface area contributed by atoms with Crippen molar-refractivity contribution in [1.82, 2.24) is 14.9 Å². The van der Waals surface area contributed by atoms with Gasteiger partial charge in [0, 0.05) is 30.9 Å². The zero-order valence-corrected chi connectivity index (χ0v) is 18.4. The van der Waals surface area contributed by atoms with Crippen LogP contribution in [0, 0.1) is 11.6 Å². The number of nitrogens with one attached hydrogen (secondary N) is 1. The summed E-state index contributed by atoms with van der Waals surface area (Å²) in [7, 11) is 0. The molecule has 1 unspecified atom stereocenters. The van der Waals surface area contributed by atoms with Crippen LogP contribution in [0.25, 0.3) is 0 Å². The first-order valence-corrected chi connectivity index (χ1v) is 10.7. The molecular weight excluding hydrogens is 454 g/mol. The Labute approximate surface area is 193 Å². The maximum Gasteiger partial charge on any atom is 0.277 e. The molecule has 182 valence electrons. The number of ether oxygens (including phenoxy) is 2. The van der Waals surface area contributed by atoms with Crippen molar-refractivity contribution >= 4 is 11.8 Å². The van der Waals surface area contributed by atoms with Gasteiger partial charge in [-0.15, -0.1) is 0 Å². The highest BCUT2D eigenvalue weighted by atomic mass is 19.1. The van der Waals surface area contributed by atoms with Gasteiger partial charge in [-0.2, -0.15) is 0 Å². The number of nitrogens with zero attached hydrogens (tertiary/aromatic N) is 3. The summed E-state index contributed by atoms with van der Waals surface area (Å²) < 4.78 is 39.2. The number of aromatic nitrogens is 1. The number of carbonyl (C=O) groups is 2. The van der Waals surface area contributed by atoms with Gasteiger partial charge in [0.2, 0.25) is 5.43 Å². The molecule has 4 rings (SSSR count). The molecule has 0 radical (unpaired) electrons. The van der Waals surface area contributed by atoms with Crippen LogP contribution in [0.4, 0.5) is 8.78 Å². The molecule has 2 N–H and O–H groups in total. The van der Waals surface area contributed by atoms with E-state index in [1.807, 2.05) is 6.92 Å². The minimum Gasteiger partial charge on any atom is -0.502 e. The maximum absolute atomic E-state index is 13.9. The van der Waals surface area contributed by atoms with E-state index in [1.54, 1.807) is 5.01 Å². The summed E-state index contributed by atoms with van der Waals surface area (Å²) in [6.45, 7) is 3.44. The van der Waals surface area contributed by atoms with Crippen LogP contribution in [0.5, 0.6) is 5.75 Å². The molecule has 0 bridgehead atoms. The van der Waals surface area contributed by atoms with Gasteiger partial charge in [0.15, 0.2) is 11.4 Å². The van der Waals surface area contributed by atoms with Crippen molar-refractivity contribution in [3.05, 3.63) is 63.1 Å². The fourth-order valence-corrected chi connectivity index (χ4v) is 3.87. The number of hydrogen-bond donors (Lipinski definition) is 2. The van der Waals surface area contributed by atoms with Crippen LogP contribution in [0.15, 0.2) is 29.2 Å². The third-order valence-corrected chi connectivity index (χ3v) is 5.67. The lowest BCUT2D eigenvalue weighted by Crippen LogP contribution is -2.56. The Kier molecular flexibility index (Phi) is 6.80. The average molecular weight is 478 g/mol. The van der Waals surface area contributed by atoms with Gasteiger partial charge in [-0.25, -0.2) is 8.78 Å². The highest BCUT2D eigenvalue weighted by Gasteiger charge is 2.35. The van der Waals surface area contributed by atoms with E-state index in [-0.39, 0.29) is 37.1 Å². The van der Waals surface area contributed by atoms with Gasteiger partial charge in [0.1, 0.15) is 23.9 Å². The first-order chi connectivity index (χ1) is 16.3. The third-order valence-electron chi connectivity index (χ3n) is 5.67. The van der Waals surface area contributed by atoms with Crippen LogP contribution in [0.2, 0.25) is 0 Å². The summed E-state index contributed by atoms with van der Waals surface area (Å²) in [6, 6.07) is 2.91. The molecule has 1 saturated heterocycles. The highest BCUT2D eigenvalue weighted by molar-refractivity contribution is 5.99. The molecule has 10 nitrogen and oxygen atoms in total. The number of rotatable bonds is 6. The summed E-state index contributed by atoms with van der Waals surface area (Å²) in [5.74, 6) is -3.94. The van der Waals surface area contributed by atoms with Gasteiger partial charge in [-0.1, -0.05) is 6.07 Å². The maximum atomic E-state index is 13.9. The van der Waals surface area contributed by atoms with Crippen molar-refractivity contribution in [3.63, 3.8) is 0 Å². The number of carbonyl (C=O) groups excluding carboxylic acids is 2. The van der Waals surface area contributed by atoms with E-state index < -0.39 is 40.2 Å². The second kappa shape index (κ2) is 9.77. The lowest BCUT2D eigenvalue weighted by atomic mass is 10.1. The van der Waals surface area contributed by atoms with Gasteiger partial charge in [0.25, 0.3) is 11.8 Å². The van der Waals surface area contributed by atoms with E-state index in [2.05, 4.69) is 5.32 Å². The average Bonchev–Trinajstić information content (AvgIpc) is 2.82. The van der Waals surface area contributed by atoms with Crippen LogP contribution < -0.4 is 15.8 Å². The van der Waals surface area contributed by atoms with Gasteiger partial charge in [-0.05, 0) is 13.0 Å². The molecule has 1 fully saturated rings. The van der Waals surface area contributed by atoms with Crippen molar-refractivity contribution in [2.75, 3.05) is 44.6 Å². The predicted octanol–water partition coefficient (Wildman–Crippen LogP) is 0.549. The minimum atomic E-state index is -1.04. The molecule has 2 amide bonds. The largest absolute Gasteiger partial charge is 0.502 e. The van der Waals surface area contributed by atoms with Crippen molar-refractivity contribution < 1.29 is 33.0 Å². The van der Waals surface area contributed by atoms with Crippen molar-refractivity contribution in [2.24, 2.45) is 0 Å². The van der Waals surface area contributed by atoms with Gasteiger partial charge < -0.3 is 24.8 Å². The number of aromatic hydroxyl groups is 1. The second-order valence-corrected chi connectivity index (χ2v) is 7.89. The van der Waals surface area contributed by atoms with Crippen LogP contribution in [0.1, 0.15) is 33.3 Å². The molecule has 1 aromatic heterocycles. The van der Waals surface area contributed by atoms with E-state index in [0.717, 1.165) is 6.07 Å². The molecular formula is C22H24F2N4O6. The van der Waals surface area contributed by atoms with E-state index in [4.69, 9.17) is 9.47 Å². The normalized spacial score (nSPS) is 18.1. The van der Waals surface area contributed by atoms with Crippen LogP contribution in [-0.4, -0.2) is 72.2 Å². The zero-order chi connectivity index (χ0) is 24.4. The molecule has 34 heavy (non-hydrogen) atoms.